The van der Waals surface area contributed by atoms with Gasteiger partial charge in [-0.2, -0.15) is 13.9 Å². The first-order valence-corrected chi connectivity index (χ1v) is 11.7. The molecule has 3 rings (SSSR count). The number of nitriles is 1. The van der Waals surface area contributed by atoms with E-state index in [2.05, 4.69) is 0 Å². The van der Waals surface area contributed by atoms with Crippen LogP contribution in [0.4, 0.5) is 0 Å². The molecule has 0 aliphatic carbocycles. The van der Waals surface area contributed by atoms with Gasteiger partial charge in [0, 0.05) is 31.7 Å². The van der Waals surface area contributed by atoms with Gasteiger partial charge in [0.25, 0.3) is 0 Å². The molecule has 0 bridgehead atoms. The van der Waals surface area contributed by atoms with Crippen molar-refractivity contribution in [2.75, 3.05) is 26.2 Å². The fourth-order valence-corrected chi connectivity index (χ4v) is 6.13. The van der Waals surface area contributed by atoms with Crippen LogP contribution < -0.4 is 0 Å². The standard InChI is InChI=1S/C19H19N3O5S2/c1-15(23)16-6-4-7-18(13-16)28(24,25)21-9-11-22(12-10-21)29(26,27)19-8-3-2-5-17(19)14-20/h2-8,13H,9-12H2,1H3. The molecule has 0 aromatic heterocycles. The molecule has 1 fully saturated rings. The van der Waals surface area contributed by atoms with Gasteiger partial charge in [0.2, 0.25) is 20.0 Å². The molecule has 152 valence electrons. The van der Waals surface area contributed by atoms with E-state index in [1.807, 2.05) is 6.07 Å². The Labute approximate surface area is 170 Å². The van der Waals surface area contributed by atoms with Gasteiger partial charge in [0.1, 0.15) is 6.07 Å². The largest absolute Gasteiger partial charge is 0.295 e. The van der Waals surface area contributed by atoms with Gasteiger partial charge < -0.3 is 0 Å². The maximum Gasteiger partial charge on any atom is 0.244 e. The smallest absolute Gasteiger partial charge is 0.244 e. The highest BCUT2D eigenvalue weighted by molar-refractivity contribution is 7.89. The van der Waals surface area contributed by atoms with Crippen LogP contribution >= 0.6 is 0 Å². The second-order valence-electron chi connectivity index (χ2n) is 6.50. The van der Waals surface area contributed by atoms with Crippen LogP contribution in [0.3, 0.4) is 0 Å². The van der Waals surface area contributed by atoms with Crippen LogP contribution in [-0.2, 0) is 20.0 Å². The molecule has 0 spiro atoms. The number of hydrogen-bond donors (Lipinski definition) is 0. The van der Waals surface area contributed by atoms with Gasteiger partial charge in [-0.1, -0.05) is 24.3 Å². The van der Waals surface area contributed by atoms with Crippen LogP contribution in [0, 0.1) is 11.3 Å². The van der Waals surface area contributed by atoms with Gasteiger partial charge in [-0.15, -0.1) is 0 Å². The van der Waals surface area contributed by atoms with Crippen LogP contribution in [0.15, 0.2) is 58.3 Å². The molecule has 2 aromatic rings. The highest BCUT2D eigenvalue weighted by atomic mass is 32.2. The van der Waals surface area contributed by atoms with E-state index in [0.29, 0.717) is 5.56 Å². The second kappa shape index (κ2) is 8.04. The Hall–Kier alpha value is -2.58. The quantitative estimate of drug-likeness (QED) is 0.659. The average Bonchev–Trinajstić information content (AvgIpc) is 2.73. The Morgan fingerprint density at radius 2 is 1.48 bits per heavy atom. The first kappa shape index (κ1) is 21.1. The molecule has 1 aliphatic heterocycles. The SMILES string of the molecule is CC(=O)c1cccc(S(=O)(=O)N2CCN(S(=O)(=O)c3ccccc3C#N)CC2)c1. The van der Waals surface area contributed by atoms with Crippen LogP contribution in [0.5, 0.6) is 0 Å². The molecular weight excluding hydrogens is 414 g/mol. The molecule has 8 nitrogen and oxygen atoms in total. The summed E-state index contributed by atoms with van der Waals surface area (Å²) in [5.74, 6) is -0.242. The summed E-state index contributed by atoms with van der Waals surface area (Å²) in [5.41, 5.74) is 0.337. The Morgan fingerprint density at radius 1 is 0.897 bits per heavy atom. The topological polar surface area (TPSA) is 116 Å². The zero-order chi connectivity index (χ0) is 21.2. The average molecular weight is 434 g/mol. The molecule has 0 amide bonds. The van der Waals surface area contributed by atoms with E-state index in [-0.39, 0.29) is 47.3 Å². The van der Waals surface area contributed by atoms with Crippen LogP contribution in [0.1, 0.15) is 22.8 Å². The molecule has 0 unspecified atom stereocenters. The van der Waals surface area contributed by atoms with Gasteiger partial charge in [0.05, 0.1) is 15.4 Å². The van der Waals surface area contributed by atoms with E-state index in [1.165, 1.54) is 51.9 Å². The monoisotopic (exact) mass is 433 g/mol. The highest BCUT2D eigenvalue weighted by Crippen LogP contribution is 2.24. The van der Waals surface area contributed by atoms with E-state index in [4.69, 9.17) is 0 Å². The lowest BCUT2D eigenvalue weighted by Crippen LogP contribution is -2.50. The molecule has 10 heteroatoms. The number of nitrogens with zero attached hydrogens (tertiary/aromatic N) is 3. The zero-order valence-corrected chi connectivity index (χ0v) is 17.3. The number of piperazine rings is 1. The molecular formula is C19H19N3O5S2. The van der Waals surface area contributed by atoms with E-state index in [0.717, 1.165) is 0 Å². The lowest BCUT2D eigenvalue weighted by molar-refractivity contribution is 0.101. The number of rotatable bonds is 5. The first-order chi connectivity index (χ1) is 13.7. The predicted octanol–water partition coefficient (Wildman–Crippen LogP) is 1.46. The van der Waals surface area contributed by atoms with Crippen molar-refractivity contribution in [3.05, 3.63) is 59.7 Å². The fourth-order valence-electron chi connectivity index (χ4n) is 3.10. The number of carbonyl (C=O) groups is 1. The molecule has 0 radical (unpaired) electrons. The normalized spacial score (nSPS) is 16.3. The van der Waals surface area contributed by atoms with Gasteiger partial charge in [-0.3, -0.25) is 4.79 Å². The molecule has 0 saturated carbocycles. The summed E-state index contributed by atoms with van der Waals surface area (Å²) in [7, 11) is -7.77. The van der Waals surface area contributed by atoms with Crippen molar-refractivity contribution in [3.8, 4) is 6.07 Å². The molecule has 0 N–H and O–H groups in total. The second-order valence-corrected chi connectivity index (χ2v) is 10.3. The minimum atomic E-state index is -3.91. The van der Waals surface area contributed by atoms with Crippen LogP contribution in [0.25, 0.3) is 0 Å². The third-order valence-electron chi connectivity index (χ3n) is 4.70. The van der Waals surface area contributed by atoms with E-state index >= 15 is 0 Å². The third-order valence-corrected chi connectivity index (χ3v) is 8.55. The van der Waals surface area contributed by atoms with E-state index < -0.39 is 20.0 Å². The number of ketones is 1. The van der Waals surface area contributed by atoms with E-state index in [1.54, 1.807) is 12.1 Å². The van der Waals surface area contributed by atoms with Gasteiger partial charge >= 0.3 is 0 Å². The Balaban J connectivity index is 1.81. The number of benzene rings is 2. The summed E-state index contributed by atoms with van der Waals surface area (Å²) in [6.45, 7) is 1.23. The number of hydrogen-bond acceptors (Lipinski definition) is 6. The maximum atomic E-state index is 12.9. The Bertz CT molecular complexity index is 1190. The summed E-state index contributed by atoms with van der Waals surface area (Å²) in [6.07, 6.45) is 0. The number of Topliss-reactive ketones (excluding diaryl/α,β-unsaturated/α-hetero) is 1. The van der Waals surface area contributed by atoms with Crippen molar-refractivity contribution in [3.63, 3.8) is 0 Å². The van der Waals surface area contributed by atoms with Crippen molar-refractivity contribution >= 4 is 25.8 Å². The predicted molar refractivity (Wildman–Crippen MR) is 105 cm³/mol. The number of carbonyl (C=O) groups excluding carboxylic acids is 1. The van der Waals surface area contributed by atoms with Crippen molar-refractivity contribution in [2.24, 2.45) is 0 Å². The summed E-state index contributed by atoms with van der Waals surface area (Å²) in [4.78, 5) is 11.4. The zero-order valence-electron chi connectivity index (χ0n) is 15.6. The van der Waals surface area contributed by atoms with Crippen molar-refractivity contribution < 1.29 is 21.6 Å². The molecule has 1 saturated heterocycles. The van der Waals surface area contributed by atoms with Crippen molar-refractivity contribution in [1.29, 1.82) is 5.26 Å². The minimum absolute atomic E-state index is 0.00340. The Morgan fingerprint density at radius 3 is 2.07 bits per heavy atom. The molecule has 1 heterocycles. The lowest BCUT2D eigenvalue weighted by atomic mass is 10.2. The third kappa shape index (κ3) is 4.09. The minimum Gasteiger partial charge on any atom is -0.295 e. The highest BCUT2D eigenvalue weighted by Gasteiger charge is 2.34. The van der Waals surface area contributed by atoms with Crippen molar-refractivity contribution in [2.45, 2.75) is 16.7 Å². The molecule has 0 atom stereocenters. The number of sulfonamides is 2. The Kier molecular flexibility index (Phi) is 5.86. The van der Waals surface area contributed by atoms with Crippen LogP contribution in [0.2, 0.25) is 0 Å². The first-order valence-electron chi connectivity index (χ1n) is 8.78. The molecule has 29 heavy (non-hydrogen) atoms. The van der Waals surface area contributed by atoms with Gasteiger partial charge in [-0.05, 0) is 31.2 Å². The summed E-state index contributed by atoms with van der Waals surface area (Å²) < 4.78 is 53.9. The van der Waals surface area contributed by atoms with Crippen molar-refractivity contribution in [1.82, 2.24) is 8.61 Å². The molecule has 1 aliphatic rings. The van der Waals surface area contributed by atoms with Gasteiger partial charge in [0.15, 0.2) is 5.78 Å². The molecule has 2 aromatic carbocycles. The maximum absolute atomic E-state index is 12.9. The fraction of sp³-hybridized carbons (Fsp3) is 0.263. The summed E-state index contributed by atoms with van der Waals surface area (Å²) in [5, 5.41) is 9.17. The van der Waals surface area contributed by atoms with Crippen LogP contribution in [-0.4, -0.2) is 57.4 Å². The summed E-state index contributed by atoms with van der Waals surface area (Å²) in [6, 6.07) is 13.6. The summed E-state index contributed by atoms with van der Waals surface area (Å²) >= 11 is 0. The lowest BCUT2D eigenvalue weighted by Gasteiger charge is -2.33. The van der Waals surface area contributed by atoms with E-state index in [9.17, 15) is 26.9 Å². The van der Waals surface area contributed by atoms with Gasteiger partial charge in [-0.25, -0.2) is 16.8 Å².